The van der Waals surface area contributed by atoms with E-state index in [-0.39, 0.29) is 5.60 Å². The van der Waals surface area contributed by atoms with Crippen molar-refractivity contribution in [3.05, 3.63) is 18.0 Å². The number of ether oxygens (including phenoxy) is 2. The summed E-state index contributed by atoms with van der Waals surface area (Å²) in [4.78, 5) is 4.24. The van der Waals surface area contributed by atoms with Crippen molar-refractivity contribution in [2.45, 2.75) is 65.1 Å². The number of pyridine rings is 1. The molecular formula is C15H23NO2. The normalized spacial score (nSPS) is 15.9. The Balaban J connectivity index is 2.31. The van der Waals surface area contributed by atoms with Gasteiger partial charge in [-0.15, -0.1) is 0 Å². The van der Waals surface area contributed by atoms with Crippen LogP contribution in [0.15, 0.2) is 12.4 Å². The lowest BCUT2D eigenvalue weighted by molar-refractivity contribution is 0.127. The maximum atomic E-state index is 5.99. The van der Waals surface area contributed by atoms with Gasteiger partial charge in [0, 0.05) is 5.56 Å². The molecular weight excluding hydrogens is 226 g/mol. The molecule has 0 unspecified atom stereocenters. The molecule has 3 heteroatoms. The standard InChI is InChI=1S/C15H23NO2/c1-10(2)14-12(17-11-6-7-11)8-16-9-13(14)18-15(3,4)5/h8-11H,6-7H2,1-5H3. The fourth-order valence-electron chi connectivity index (χ4n) is 1.87. The lowest BCUT2D eigenvalue weighted by Gasteiger charge is -2.25. The highest BCUT2D eigenvalue weighted by Gasteiger charge is 2.27. The largest absolute Gasteiger partial charge is 0.488 e. The summed E-state index contributed by atoms with van der Waals surface area (Å²) < 4.78 is 11.9. The molecule has 1 aromatic heterocycles. The van der Waals surface area contributed by atoms with Crippen molar-refractivity contribution in [1.82, 2.24) is 4.98 Å². The molecule has 1 saturated carbocycles. The van der Waals surface area contributed by atoms with Gasteiger partial charge in [0.05, 0.1) is 18.5 Å². The summed E-state index contributed by atoms with van der Waals surface area (Å²) in [5, 5.41) is 0. The van der Waals surface area contributed by atoms with Gasteiger partial charge in [-0.3, -0.25) is 4.98 Å². The Hall–Kier alpha value is -1.25. The first kappa shape index (κ1) is 13.2. The van der Waals surface area contributed by atoms with Gasteiger partial charge in [-0.2, -0.15) is 0 Å². The molecule has 1 aromatic rings. The molecule has 1 aliphatic carbocycles. The van der Waals surface area contributed by atoms with Crippen molar-refractivity contribution in [2.75, 3.05) is 0 Å². The van der Waals surface area contributed by atoms with Gasteiger partial charge in [0.1, 0.15) is 17.1 Å². The zero-order valence-electron chi connectivity index (χ0n) is 12.0. The molecule has 0 bridgehead atoms. The smallest absolute Gasteiger partial charge is 0.145 e. The average molecular weight is 249 g/mol. The van der Waals surface area contributed by atoms with E-state index < -0.39 is 0 Å². The summed E-state index contributed by atoms with van der Waals surface area (Å²) in [5.74, 6) is 2.09. The van der Waals surface area contributed by atoms with E-state index in [9.17, 15) is 0 Å². The van der Waals surface area contributed by atoms with Gasteiger partial charge in [0.15, 0.2) is 0 Å². The Bertz CT molecular complexity index is 417. The summed E-state index contributed by atoms with van der Waals surface area (Å²) in [6, 6.07) is 0. The second-order valence-corrected chi connectivity index (χ2v) is 6.24. The van der Waals surface area contributed by atoms with Gasteiger partial charge < -0.3 is 9.47 Å². The van der Waals surface area contributed by atoms with E-state index in [1.807, 2.05) is 27.0 Å². The molecule has 1 aliphatic rings. The van der Waals surface area contributed by atoms with Crippen molar-refractivity contribution in [3.8, 4) is 11.5 Å². The first-order valence-corrected chi connectivity index (χ1v) is 6.70. The van der Waals surface area contributed by atoms with Crippen molar-refractivity contribution in [2.24, 2.45) is 0 Å². The molecule has 18 heavy (non-hydrogen) atoms. The van der Waals surface area contributed by atoms with Crippen LogP contribution in [0.25, 0.3) is 0 Å². The molecule has 100 valence electrons. The topological polar surface area (TPSA) is 31.4 Å². The first-order chi connectivity index (χ1) is 8.37. The van der Waals surface area contributed by atoms with Crippen molar-refractivity contribution >= 4 is 0 Å². The average Bonchev–Trinajstić information content (AvgIpc) is 2.98. The number of hydrogen-bond donors (Lipinski definition) is 0. The summed E-state index contributed by atoms with van der Waals surface area (Å²) >= 11 is 0. The van der Waals surface area contributed by atoms with Crippen LogP contribution < -0.4 is 9.47 Å². The second-order valence-electron chi connectivity index (χ2n) is 6.24. The Labute approximate surface area is 110 Å². The van der Waals surface area contributed by atoms with Crippen LogP contribution in [0.3, 0.4) is 0 Å². The third-order valence-electron chi connectivity index (χ3n) is 2.73. The highest BCUT2D eigenvalue weighted by Crippen LogP contribution is 2.38. The van der Waals surface area contributed by atoms with Gasteiger partial charge in [0.2, 0.25) is 0 Å². The minimum atomic E-state index is -0.219. The predicted octanol–water partition coefficient (Wildman–Crippen LogP) is 3.92. The molecule has 0 atom stereocenters. The van der Waals surface area contributed by atoms with Crippen LogP contribution in [-0.2, 0) is 0 Å². The minimum Gasteiger partial charge on any atom is -0.488 e. The van der Waals surface area contributed by atoms with Gasteiger partial charge in [-0.05, 0) is 39.5 Å². The number of nitrogens with zero attached hydrogens (tertiary/aromatic N) is 1. The van der Waals surface area contributed by atoms with Gasteiger partial charge >= 0.3 is 0 Å². The lowest BCUT2D eigenvalue weighted by Crippen LogP contribution is -2.24. The summed E-state index contributed by atoms with van der Waals surface area (Å²) in [6.45, 7) is 10.5. The van der Waals surface area contributed by atoms with Crippen LogP contribution in [0.4, 0.5) is 0 Å². The van der Waals surface area contributed by atoms with E-state index in [0.717, 1.165) is 29.9 Å². The number of rotatable bonds is 4. The summed E-state index contributed by atoms with van der Waals surface area (Å²) in [7, 11) is 0. The molecule has 2 rings (SSSR count). The zero-order chi connectivity index (χ0) is 13.3. The monoisotopic (exact) mass is 249 g/mol. The van der Waals surface area contributed by atoms with E-state index in [4.69, 9.17) is 9.47 Å². The van der Waals surface area contributed by atoms with E-state index >= 15 is 0 Å². The molecule has 0 aliphatic heterocycles. The minimum absolute atomic E-state index is 0.219. The van der Waals surface area contributed by atoms with Crippen LogP contribution in [0.1, 0.15) is 58.9 Å². The predicted molar refractivity (Wildman–Crippen MR) is 72.4 cm³/mol. The Morgan fingerprint density at radius 2 is 1.78 bits per heavy atom. The van der Waals surface area contributed by atoms with Crippen molar-refractivity contribution in [1.29, 1.82) is 0 Å². The highest BCUT2D eigenvalue weighted by atomic mass is 16.5. The Kier molecular flexibility index (Phi) is 3.51. The molecule has 0 N–H and O–H groups in total. The molecule has 0 saturated heterocycles. The third kappa shape index (κ3) is 3.37. The second kappa shape index (κ2) is 4.79. The summed E-state index contributed by atoms with van der Waals surface area (Å²) in [6.07, 6.45) is 6.29. The number of hydrogen-bond acceptors (Lipinski definition) is 3. The van der Waals surface area contributed by atoms with Crippen LogP contribution >= 0.6 is 0 Å². The van der Waals surface area contributed by atoms with E-state index in [1.54, 1.807) is 6.20 Å². The van der Waals surface area contributed by atoms with Crippen LogP contribution in [0.2, 0.25) is 0 Å². The SMILES string of the molecule is CC(C)c1c(OC2CC2)cncc1OC(C)(C)C. The molecule has 0 amide bonds. The molecule has 1 heterocycles. The summed E-state index contributed by atoms with van der Waals surface area (Å²) in [5.41, 5.74) is 0.913. The maximum Gasteiger partial charge on any atom is 0.145 e. The van der Waals surface area contributed by atoms with Gasteiger partial charge in [0.25, 0.3) is 0 Å². The fourth-order valence-corrected chi connectivity index (χ4v) is 1.87. The van der Waals surface area contributed by atoms with Crippen molar-refractivity contribution in [3.63, 3.8) is 0 Å². The fraction of sp³-hybridized carbons (Fsp3) is 0.667. The Morgan fingerprint density at radius 3 is 2.28 bits per heavy atom. The molecule has 3 nitrogen and oxygen atoms in total. The molecule has 0 spiro atoms. The van der Waals surface area contributed by atoms with Gasteiger partial charge in [-0.1, -0.05) is 13.8 Å². The van der Waals surface area contributed by atoms with Crippen LogP contribution in [0.5, 0.6) is 11.5 Å². The maximum absolute atomic E-state index is 5.99. The van der Waals surface area contributed by atoms with Crippen LogP contribution in [-0.4, -0.2) is 16.7 Å². The van der Waals surface area contributed by atoms with Crippen molar-refractivity contribution < 1.29 is 9.47 Å². The van der Waals surface area contributed by atoms with Crippen LogP contribution in [0, 0.1) is 0 Å². The van der Waals surface area contributed by atoms with E-state index in [1.165, 1.54) is 0 Å². The molecule has 1 fully saturated rings. The quantitative estimate of drug-likeness (QED) is 0.810. The third-order valence-corrected chi connectivity index (χ3v) is 2.73. The number of aromatic nitrogens is 1. The van der Waals surface area contributed by atoms with Gasteiger partial charge in [-0.25, -0.2) is 0 Å². The van der Waals surface area contributed by atoms with E-state index in [2.05, 4.69) is 18.8 Å². The highest BCUT2D eigenvalue weighted by molar-refractivity contribution is 5.44. The molecule has 0 radical (unpaired) electrons. The lowest BCUT2D eigenvalue weighted by atomic mass is 10.0. The molecule has 0 aromatic carbocycles. The zero-order valence-corrected chi connectivity index (χ0v) is 12.0. The van der Waals surface area contributed by atoms with E-state index in [0.29, 0.717) is 12.0 Å². The Morgan fingerprint density at radius 1 is 1.17 bits per heavy atom. The first-order valence-electron chi connectivity index (χ1n) is 6.70.